The van der Waals surface area contributed by atoms with Gasteiger partial charge in [-0.1, -0.05) is 49.1 Å². The standard InChI is InChI=1S/C14H23F2NOSi/c1-19(2,3)13-6-4-12(5-7-13)10-17-8-9-18-11-14(15)16/h4-7,14,17H,8-11H2,1-3H3. The van der Waals surface area contributed by atoms with Gasteiger partial charge in [-0.2, -0.15) is 0 Å². The summed E-state index contributed by atoms with van der Waals surface area (Å²) in [6, 6.07) is 8.63. The molecule has 1 aromatic rings. The molecule has 0 saturated carbocycles. The first kappa shape index (κ1) is 16.3. The van der Waals surface area contributed by atoms with Crippen LogP contribution in [0.15, 0.2) is 24.3 Å². The quantitative estimate of drug-likeness (QED) is 0.586. The Kier molecular flexibility index (Phi) is 6.61. The maximum absolute atomic E-state index is 11.8. The third-order valence-electron chi connectivity index (χ3n) is 2.82. The summed E-state index contributed by atoms with van der Waals surface area (Å²) in [4.78, 5) is 0. The van der Waals surface area contributed by atoms with Crippen molar-refractivity contribution < 1.29 is 13.5 Å². The van der Waals surface area contributed by atoms with Crippen molar-refractivity contribution in [3.8, 4) is 0 Å². The maximum Gasteiger partial charge on any atom is 0.261 e. The number of halogens is 2. The molecule has 0 aromatic heterocycles. The van der Waals surface area contributed by atoms with Gasteiger partial charge in [0.25, 0.3) is 6.43 Å². The van der Waals surface area contributed by atoms with E-state index in [-0.39, 0.29) is 0 Å². The lowest BCUT2D eigenvalue weighted by Gasteiger charge is -2.16. The number of hydrogen-bond acceptors (Lipinski definition) is 2. The van der Waals surface area contributed by atoms with Gasteiger partial charge in [0.15, 0.2) is 0 Å². The maximum atomic E-state index is 11.8. The fourth-order valence-corrected chi connectivity index (χ4v) is 2.84. The van der Waals surface area contributed by atoms with E-state index in [4.69, 9.17) is 4.74 Å². The van der Waals surface area contributed by atoms with Gasteiger partial charge in [-0.25, -0.2) is 8.78 Å². The molecule has 0 fully saturated rings. The van der Waals surface area contributed by atoms with E-state index in [1.54, 1.807) is 0 Å². The second-order valence-corrected chi connectivity index (χ2v) is 10.7. The predicted molar refractivity (Wildman–Crippen MR) is 78.0 cm³/mol. The smallest absolute Gasteiger partial charge is 0.261 e. The van der Waals surface area contributed by atoms with Gasteiger partial charge in [0.05, 0.1) is 14.7 Å². The Labute approximate surface area is 115 Å². The average Bonchev–Trinajstić information content (AvgIpc) is 2.32. The summed E-state index contributed by atoms with van der Waals surface area (Å²) < 4.78 is 28.4. The zero-order valence-corrected chi connectivity index (χ0v) is 12.9. The average molecular weight is 287 g/mol. The van der Waals surface area contributed by atoms with Gasteiger partial charge in [0, 0.05) is 13.1 Å². The van der Waals surface area contributed by atoms with E-state index in [1.807, 2.05) is 0 Å². The summed E-state index contributed by atoms with van der Waals surface area (Å²) in [6.07, 6.45) is -2.38. The molecular weight excluding hydrogens is 264 g/mol. The van der Waals surface area contributed by atoms with Crippen molar-refractivity contribution >= 4 is 13.3 Å². The number of ether oxygens (including phenoxy) is 1. The van der Waals surface area contributed by atoms with Gasteiger partial charge < -0.3 is 10.1 Å². The van der Waals surface area contributed by atoms with Crippen LogP contribution in [0.4, 0.5) is 8.78 Å². The van der Waals surface area contributed by atoms with Crippen LogP contribution >= 0.6 is 0 Å². The molecule has 0 atom stereocenters. The van der Waals surface area contributed by atoms with Crippen molar-refractivity contribution in [2.45, 2.75) is 32.6 Å². The molecule has 19 heavy (non-hydrogen) atoms. The van der Waals surface area contributed by atoms with Gasteiger partial charge in [0.1, 0.15) is 6.61 Å². The normalized spacial score (nSPS) is 12.1. The first-order chi connectivity index (χ1) is 8.89. The second-order valence-electron chi connectivity index (χ2n) is 5.59. The Bertz CT molecular complexity index is 363. The van der Waals surface area contributed by atoms with E-state index in [9.17, 15) is 8.78 Å². The molecule has 0 aliphatic carbocycles. The summed E-state index contributed by atoms with van der Waals surface area (Å²) in [6.45, 7) is 8.12. The second kappa shape index (κ2) is 7.72. The molecule has 0 unspecified atom stereocenters. The summed E-state index contributed by atoms with van der Waals surface area (Å²) in [5.74, 6) is 0. The molecule has 0 amide bonds. The highest BCUT2D eigenvalue weighted by atomic mass is 28.3. The number of benzene rings is 1. The summed E-state index contributed by atoms with van der Waals surface area (Å²) >= 11 is 0. The molecule has 1 rings (SSSR count). The molecule has 0 spiro atoms. The Balaban J connectivity index is 2.23. The lowest BCUT2D eigenvalue weighted by molar-refractivity contribution is 0.0187. The highest BCUT2D eigenvalue weighted by Crippen LogP contribution is 2.04. The molecule has 1 N–H and O–H groups in total. The van der Waals surface area contributed by atoms with E-state index >= 15 is 0 Å². The summed E-state index contributed by atoms with van der Waals surface area (Å²) in [7, 11) is -1.23. The molecule has 0 aliphatic rings. The SMILES string of the molecule is C[Si](C)(C)c1ccc(CNCCOCC(F)F)cc1. The number of rotatable bonds is 8. The van der Waals surface area contributed by atoms with Crippen LogP contribution in [0.1, 0.15) is 5.56 Å². The van der Waals surface area contributed by atoms with Gasteiger partial charge in [-0.3, -0.25) is 0 Å². The fraction of sp³-hybridized carbons (Fsp3) is 0.571. The predicted octanol–water partition coefficient (Wildman–Crippen LogP) is 2.60. The Morgan fingerprint density at radius 3 is 2.32 bits per heavy atom. The number of hydrogen-bond donors (Lipinski definition) is 1. The van der Waals surface area contributed by atoms with Crippen LogP contribution in [0.5, 0.6) is 0 Å². The zero-order chi connectivity index (χ0) is 14.3. The molecule has 0 bridgehead atoms. The number of alkyl halides is 2. The largest absolute Gasteiger partial charge is 0.374 e. The lowest BCUT2D eigenvalue weighted by Crippen LogP contribution is -2.37. The Morgan fingerprint density at radius 1 is 1.16 bits per heavy atom. The molecular formula is C14H23F2NOSi. The van der Waals surface area contributed by atoms with Crippen LogP contribution in [0.3, 0.4) is 0 Å². The molecule has 0 radical (unpaired) electrons. The zero-order valence-electron chi connectivity index (χ0n) is 11.9. The van der Waals surface area contributed by atoms with Crippen molar-refractivity contribution in [1.82, 2.24) is 5.32 Å². The molecule has 0 saturated heterocycles. The van der Waals surface area contributed by atoms with Gasteiger partial charge in [-0.05, 0) is 5.56 Å². The van der Waals surface area contributed by atoms with Crippen molar-refractivity contribution in [2.75, 3.05) is 19.8 Å². The minimum atomic E-state index is -2.38. The third kappa shape index (κ3) is 6.80. The van der Waals surface area contributed by atoms with Crippen LogP contribution in [-0.4, -0.2) is 34.3 Å². The molecule has 0 heterocycles. The van der Waals surface area contributed by atoms with Crippen LogP contribution < -0.4 is 10.5 Å². The van der Waals surface area contributed by atoms with Gasteiger partial charge >= 0.3 is 0 Å². The molecule has 108 valence electrons. The van der Waals surface area contributed by atoms with E-state index in [1.165, 1.54) is 10.8 Å². The molecule has 5 heteroatoms. The monoisotopic (exact) mass is 287 g/mol. The first-order valence-electron chi connectivity index (χ1n) is 6.55. The molecule has 0 aliphatic heterocycles. The van der Waals surface area contributed by atoms with Crippen molar-refractivity contribution in [3.05, 3.63) is 29.8 Å². The highest BCUT2D eigenvalue weighted by molar-refractivity contribution is 6.88. The van der Waals surface area contributed by atoms with E-state index in [2.05, 4.69) is 49.2 Å². The Hall–Kier alpha value is -0.783. The van der Waals surface area contributed by atoms with Crippen LogP contribution in [-0.2, 0) is 11.3 Å². The summed E-state index contributed by atoms with van der Waals surface area (Å²) in [5, 5.41) is 4.62. The van der Waals surface area contributed by atoms with Crippen LogP contribution in [0.25, 0.3) is 0 Å². The minimum Gasteiger partial charge on any atom is -0.374 e. The van der Waals surface area contributed by atoms with Gasteiger partial charge in [0.2, 0.25) is 0 Å². The van der Waals surface area contributed by atoms with Crippen LogP contribution in [0.2, 0.25) is 19.6 Å². The third-order valence-corrected chi connectivity index (χ3v) is 4.88. The van der Waals surface area contributed by atoms with Crippen LogP contribution in [0, 0.1) is 0 Å². The van der Waals surface area contributed by atoms with Crippen molar-refractivity contribution in [3.63, 3.8) is 0 Å². The first-order valence-corrected chi connectivity index (χ1v) is 10.1. The molecule has 2 nitrogen and oxygen atoms in total. The molecule has 1 aromatic carbocycles. The minimum absolute atomic E-state index is 0.317. The van der Waals surface area contributed by atoms with Gasteiger partial charge in [-0.15, -0.1) is 0 Å². The highest BCUT2D eigenvalue weighted by Gasteiger charge is 2.15. The van der Waals surface area contributed by atoms with E-state index in [0.29, 0.717) is 13.2 Å². The fourth-order valence-electron chi connectivity index (χ4n) is 1.67. The lowest BCUT2D eigenvalue weighted by atomic mass is 10.2. The summed E-state index contributed by atoms with van der Waals surface area (Å²) in [5.41, 5.74) is 1.20. The van der Waals surface area contributed by atoms with Crippen molar-refractivity contribution in [2.24, 2.45) is 0 Å². The van der Waals surface area contributed by atoms with E-state index in [0.717, 1.165) is 6.54 Å². The number of nitrogens with one attached hydrogen (secondary N) is 1. The Morgan fingerprint density at radius 2 is 1.79 bits per heavy atom. The van der Waals surface area contributed by atoms with Crippen molar-refractivity contribution in [1.29, 1.82) is 0 Å². The van der Waals surface area contributed by atoms with E-state index < -0.39 is 21.1 Å². The topological polar surface area (TPSA) is 21.3 Å².